The van der Waals surface area contributed by atoms with Crippen LogP contribution < -0.4 is 5.43 Å². The van der Waals surface area contributed by atoms with Gasteiger partial charge in [-0.05, 0) is 24.6 Å². The molecule has 1 heterocycles. The Morgan fingerprint density at radius 2 is 2.07 bits per heavy atom. The van der Waals surface area contributed by atoms with E-state index in [9.17, 15) is 0 Å². The first-order valence-corrected chi connectivity index (χ1v) is 5.14. The van der Waals surface area contributed by atoms with Gasteiger partial charge in [-0.2, -0.15) is 0 Å². The van der Waals surface area contributed by atoms with Crippen LogP contribution in [0.4, 0.5) is 0 Å². The molecule has 3 heteroatoms. The molecule has 0 fully saturated rings. The number of nitrogens with zero attached hydrogens (tertiary/aromatic N) is 2. The number of rotatable bonds is 3. The number of para-hydroxylation sites is 1. The smallest absolute Gasteiger partial charge is 0.0531 e. The number of fused-ring (bicyclic) bond motifs is 1. The molecule has 0 saturated heterocycles. The standard InChI is InChI=1S/C12H17N3/c1-13-14(2)9-11-8-10-6-4-5-7-12(10)15(11)3/h4-8,13H,9H2,1-3H3. The van der Waals surface area contributed by atoms with Gasteiger partial charge in [-0.15, -0.1) is 0 Å². The predicted molar refractivity (Wildman–Crippen MR) is 63.4 cm³/mol. The molecule has 0 unspecified atom stereocenters. The number of nitrogens with one attached hydrogen (secondary N) is 1. The average molecular weight is 203 g/mol. The van der Waals surface area contributed by atoms with Crippen LogP contribution in [0, 0.1) is 0 Å². The molecule has 2 aromatic rings. The van der Waals surface area contributed by atoms with Gasteiger partial charge in [-0.25, -0.2) is 5.01 Å². The minimum atomic E-state index is 0.904. The van der Waals surface area contributed by atoms with E-state index in [1.807, 2.05) is 14.1 Å². The summed E-state index contributed by atoms with van der Waals surface area (Å²) in [6, 6.07) is 10.7. The van der Waals surface area contributed by atoms with Crippen molar-refractivity contribution in [3.05, 3.63) is 36.0 Å². The number of aryl methyl sites for hydroxylation is 1. The van der Waals surface area contributed by atoms with E-state index < -0.39 is 0 Å². The third kappa shape index (κ3) is 1.89. The molecule has 1 N–H and O–H groups in total. The molecule has 0 aliphatic heterocycles. The van der Waals surface area contributed by atoms with Gasteiger partial charge >= 0.3 is 0 Å². The van der Waals surface area contributed by atoms with Crippen molar-refractivity contribution in [1.29, 1.82) is 0 Å². The van der Waals surface area contributed by atoms with Crippen molar-refractivity contribution in [2.45, 2.75) is 6.54 Å². The van der Waals surface area contributed by atoms with Crippen LogP contribution >= 0.6 is 0 Å². The summed E-state index contributed by atoms with van der Waals surface area (Å²) >= 11 is 0. The highest BCUT2D eigenvalue weighted by atomic mass is 15.5. The van der Waals surface area contributed by atoms with Crippen molar-refractivity contribution in [2.24, 2.45) is 7.05 Å². The van der Waals surface area contributed by atoms with Crippen LogP contribution in [-0.4, -0.2) is 23.7 Å². The molecule has 0 bridgehead atoms. The Morgan fingerprint density at radius 1 is 1.33 bits per heavy atom. The van der Waals surface area contributed by atoms with E-state index in [4.69, 9.17) is 0 Å². The lowest BCUT2D eigenvalue weighted by atomic mass is 10.2. The van der Waals surface area contributed by atoms with E-state index in [1.165, 1.54) is 16.6 Å². The van der Waals surface area contributed by atoms with Crippen LogP contribution in [-0.2, 0) is 13.6 Å². The quantitative estimate of drug-likeness (QED) is 0.767. The van der Waals surface area contributed by atoms with E-state index >= 15 is 0 Å². The first kappa shape index (κ1) is 10.2. The Balaban J connectivity index is 2.40. The molecule has 1 aromatic carbocycles. The third-order valence-corrected chi connectivity index (χ3v) is 2.83. The molecule has 2 rings (SSSR count). The van der Waals surface area contributed by atoms with Crippen molar-refractivity contribution in [3.63, 3.8) is 0 Å². The van der Waals surface area contributed by atoms with Crippen molar-refractivity contribution < 1.29 is 0 Å². The molecule has 0 radical (unpaired) electrons. The minimum Gasteiger partial charge on any atom is -0.346 e. The number of aromatic nitrogens is 1. The maximum absolute atomic E-state index is 3.10. The highest BCUT2D eigenvalue weighted by Gasteiger charge is 2.06. The Morgan fingerprint density at radius 3 is 2.73 bits per heavy atom. The average Bonchev–Trinajstić information content (AvgIpc) is 2.57. The molecule has 3 nitrogen and oxygen atoms in total. The summed E-state index contributed by atoms with van der Waals surface area (Å²) < 4.78 is 2.24. The van der Waals surface area contributed by atoms with E-state index in [0.717, 1.165) is 6.54 Å². The van der Waals surface area contributed by atoms with Crippen molar-refractivity contribution >= 4 is 10.9 Å². The highest BCUT2D eigenvalue weighted by molar-refractivity contribution is 5.81. The summed E-state index contributed by atoms with van der Waals surface area (Å²) in [7, 11) is 6.08. The van der Waals surface area contributed by atoms with Crippen LogP contribution in [0.1, 0.15) is 5.69 Å². The molecule has 0 saturated carbocycles. The van der Waals surface area contributed by atoms with E-state index in [1.54, 1.807) is 0 Å². The molecule has 80 valence electrons. The lowest BCUT2D eigenvalue weighted by Gasteiger charge is -2.15. The zero-order valence-electron chi connectivity index (χ0n) is 9.49. The third-order valence-electron chi connectivity index (χ3n) is 2.83. The molecular weight excluding hydrogens is 186 g/mol. The second-order valence-corrected chi connectivity index (χ2v) is 3.83. The SMILES string of the molecule is CNN(C)Cc1cc2ccccc2n1C. The molecule has 0 atom stereocenters. The maximum atomic E-state index is 3.10. The number of hydrazine groups is 1. The van der Waals surface area contributed by atoms with Gasteiger partial charge in [-0.1, -0.05) is 18.2 Å². The Kier molecular flexibility index (Phi) is 2.75. The Bertz CT molecular complexity index is 459. The van der Waals surface area contributed by atoms with E-state index in [-0.39, 0.29) is 0 Å². The monoisotopic (exact) mass is 203 g/mol. The van der Waals surface area contributed by atoms with Gasteiger partial charge in [0.25, 0.3) is 0 Å². The van der Waals surface area contributed by atoms with Crippen molar-refractivity contribution in [1.82, 2.24) is 15.0 Å². The normalized spacial score (nSPS) is 11.5. The molecule has 0 aliphatic rings. The zero-order chi connectivity index (χ0) is 10.8. The van der Waals surface area contributed by atoms with Crippen molar-refractivity contribution in [3.8, 4) is 0 Å². The van der Waals surface area contributed by atoms with Gasteiger partial charge in [-0.3, -0.25) is 5.43 Å². The Labute approximate surface area is 90.3 Å². The van der Waals surface area contributed by atoms with Gasteiger partial charge in [0.05, 0.1) is 6.54 Å². The summed E-state index contributed by atoms with van der Waals surface area (Å²) in [5.74, 6) is 0. The molecule has 0 aliphatic carbocycles. The van der Waals surface area contributed by atoms with Gasteiger partial charge in [0.2, 0.25) is 0 Å². The first-order valence-electron chi connectivity index (χ1n) is 5.14. The van der Waals surface area contributed by atoms with Crippen LogP contribution in [0.3, 0.4) is 0 Å². The van der Waals surface area contributed by atoms with Crippen LogP contribution in [0.5, 0.6) is 0 Å². The van der Waals surface area contributed by atoms with Crippen molar-refractivity contribution in [2.75, 3.05) is 14.1 Å². The summed E-state index contributed by atoms with van der Waals surface area (Å²) in [6.07, 6.45) is 0. The molecule has 1 aromatic heterocycles. The van der Waals surface area contributed by atoms with Gasteiger partial charge in [0.15, 0.2) is 0 Å². The Hall–Kier alpha value is -1.32. The predicted octanol–water partition coefficient (Wildman–Crippen LogP) is 1.74. The molecule has 0 spiro atoms. The van der Waals surface area contributed by atoms with E-state index in [2.05, 4.69) is 52.4 Å². The van der Waals surface area contributed by atoms with Gasteiger partial charge in [0.1, 0.15) is 0 Å². The largest absolute Gasteiger partial charge is 0.346 e. The lowest BCUT2D eigenvalue weighted by molar-refractivity contribution is 0.246. The topological polar surface area (TPSA) is 20.2 Å². The van der Waals surface area contributed by atoms with E-state index in [0.29, 0.717) is 0 Å². The molecular formula is C12H17N3. The number of hydrogen-bond donors (Lipinski definition) is 1. The first-order chi connectivity index (χ1) is 7.22. The summed E-state index contributed by atoms with van der Waals surface area (Å²) in [5, 5.41) is 3.37. The second-order valence-electron chi connectivity index (χ2n) is 3.83. The second kappa shape index (κ2) is 4.04. The fourth-order valence-corrected chi connectivity index (χ4v) is 1.82. The fraction of sp³-hybridized carbons (Fsp3) is 0.333. The van der Waals surface area contributed by atoms with Crippen LogP contribution in [0.15, 0.2) is 30.3 Å². The number of hydrogen-bond acceptors (Lipinski definition) is 2. The summed E-state index contributed by atoms with van der Waals surface area (Å²) in [4.78, 5) is 0. The lowest BCUT2D eigenvalue weighted by Crippen LogP contribution is -2.30. The fourth-order valence-electron chi connectivity index (χ4n) is 1.82. The van der Waals surface area contributed by atoms with Crippen LogP contribution in [0.25, 0.3) is 10.9 Å². The van der Waals surface area contributed by atoms with Gasteiger partial charge in [0, 0.05) is 25.3 Å². The number of benzene rings is 1. The van der Waals surface area contributed by atoms with Gasteiger partial charge < -0.3 is 4.57 Å². The minimum absolute atomic E-state index is 0.904. The summed E-state index contributed by atoms with van der Waals surface area (Å²) in [5.41, 5.74) is 5.71. The van der Waals surface area contributed by atoms with Crippen LogP contribution in [0.2, 0.25) is 0 Å². The maximum Gasteiger partial charge on any atom is 0.0531 e. The zero-order valence-corrected chi connectivity index (χ0v) is 9.49. The molecule has 15 heavy (non-hydrogen) atoms. The molecule has 0 amide bonds. The summed E-state index contributed by atoms with van der Waals surface area (Å²) in [6.45, 7) is 0.904. The highest BCUT2D eigenvalue weighted by Crippen LogP contribution is 2.18.